The molecule has 3 aromatic carbocycles. The molecule has 0 amide bonds. The van der Waals surface area contributed by atoms with Gasteiger partial charge in [-0.1, -0.05) is 122 Å². The molecule has 0 aliphatic carbocycles. The first kappa shape index (κ1) is 86.4. The fourth-order valence-electron chi connectivity index (χ4n) is 15.9. The highest BCUT2D eigenvalue weighted by molar-refractivity contribution is 5.83. The van der Waals surface area contributed by atoms with Gasteiger partial charge in [-0.2, -0.15) is 0 Å². The Morgan fingerprint density at radius 3 is 1.28 bits per heavy atom. The predicted octanol–water partition coefficient (Wildman–Crippen LogP) is 15.1. The number of halogens is 4. The third-order valence-electron chi connectivity index (χ3n) is 22.9. The number of hydrogen-bond acceptors (Lipinski definition) is 17. The van der Waals surface area contributed by atoms with Crippen LogP contribution in [0.15, 0.2) is 207 Å². The number of pyridine rings is 7. The van der Waals surface area contributed by atoms with Gasteiger partial charge in [0.05, 0.1) is 54.9 Å². The van der Waals surface area contributed by atoms with Crippen molar-refractivity contribution < 1.29 is 17.6 Å². The van der Waals surface area contributed by atoms with E-state index in [-0.39, 0.29) is 83.0 Å². The standard InChI is InChI=1S/3C21H18FN3O.C20H17FN4O.C19H16N4O/c1-21(2)10-12-25-17(13-21)24-19-16(20(25)26)9-7-14(18(19)22)6-8-15-5-3-4-11-23-15;1-21(2)9-8-19-24-18-11-14(6-7-15-5-3-4-10-23-15)17(22)12-16(18)20(26)25(19)13-21;1-21(2)8-10-25-19(13-21)24-18-11-14(17(22)12-16(18)20(25)26)6-7-15-5-3-4-9-23-15;1-20(2)10-15(21)18-24-16-9-13(6-7-14-5-3-4-8-22-14)11-23-17(16)19(26)25(18)12-20;1-13-7-9-23-17(10-13)22-16-11-14(12-21-18(16)19(23)24)5-6-15-4-2-3-8-20-15/h3-5,7,9,11H,10,12-13H2,1-2H3;3-5,10-12H,8-9,13H2,1-2H3;3-5,9,11-12H,8,10,13H2,1-2H3;3-5,8-9,11,15H,10,12H2,1-2H3;2-4,8,11-13H,7,9-10H2,1H3. The second-order valence-electron chi connectivity index (χ2n) is 35.5. The minimum atomic E-state index is -1.26. The van der Waals surface area contributed by atoms with E-state index in [0.29, 0.717) is 129 Å². The molecule has 0 spiro atoms. The summed E-state index contributed by atoms with van der Waals surface area (Å²) in [6.07, 6.45) is 17.3. The molecule has 17 heterocycles. The molecule has 0 saturated heterocycles. The van der Waals surface area contributed by atoms with Gasteiger partial charge in [0, 0.05) is 113 Å². The van der Waals surface area contributed by atoms with Gasteiger partial charge in [-0.15, -0.1) is 0 Å². The van der Waals surface area contributed by atoms with Crippen molar-refractivity contribution in [2.45, 2.75) is 159 Å². The van der Waals surface area contributed by atoms with Crippen molar-refractivity contribution in [1.29, 1.82) is 0 Å². The van der Waals surface area contributed by atoms with Gasteiger partial charge in [-0.3, -0.25) is 46.8 Å². The van der Waals surface area contributed by atoms with Gasteiger partial charge in [0.15, 0.2) is 23.0 Å². The Morgan fingerprint density at radius 1 is 0.367 bits per heavy atom. The molecule has 22 nitrogen and oxygen atoms in total. The summed E-state index contributed by atoms with van der Waals surface area (Å²) in [5, 5.41) is 0.899. The summed E-state index contributed by atoms with van der Waals surface area (Å²) in [7, 11) is 0. The van der Waals surface area contributed by atoms with Crippen LogP contribution in [0.4, 0.5) is 17.6 Å². The van der Waals surface area contributed by atoms with Crippen LogP contribution in [-0.4, -0.2) is 82.6 Å². The van der Waals surface area contributed by atoms with Gasteiger partial charge in [0.25, 0.3) is 27.8 Å². The fourth-order valence-corrected chi connectivity index (χ4v) is 15.9. The minimum absolute atomic E-state index is 0.0405. The first-order chi connectivity index (χ1) is 61.4. The van der Waals surface area contributed by atoms with E-state index in [1.807, 2.05) is 68.4 Å². The Labute approximate surface area is 734 Å². The van der Waals surface area contributed by atoms with Crippen LogP contribution in [0, 0.1) is 104 Å². The van der Waals surface area contributed by atoms with E-state index in [1.54, 1.807) is 122 Å². The lowest BCUT2D eigenvalue weighted by Gasteiger charge is -2.33. The Hall–Kier alpha value is -15.1. The lowest BCUT2D eigenvalue weighted by Crippen LogP contribution is -2.38. The smallest absolute Gasteiger partial charge is 0.280 e. The maximum atomic E-state index is 15.0. The third-order valence-corrected chi connectivity index (χ3v) is 22.9. The Morgan fingerprint density at radius 2 is 0.789 bits per heavy atom. The zero-order valence-corrected chi connectivity index (χ0v) is 72.0. The highest BCUT2D eigenvalue weighted by Crippen LogP contribution is 2.39. The molecule has 0 saturated carbocycles. The van der Waals surface area contributed by atoms with Crippen LogP contribution >= 0.6 is 0 Å². The van der Waals surface area contributed by atoms with Crippen molar-refractivity contribution >= 4 is 54.8 Å². The van der Waals surface area contributed by atoms with E-state index in [9.17, 15) is 41.5 Å². The number of fused-ring (bicyclic) bond motifs is 10. The number of hydrogen-bond donors (Lipinski definition) is 0. The molecule has 0 fully saturated rings. The number of aromatic nitrogens is 17. The monoisotopic (exact) mass is 1710 g/mol. The van der Waals surface area contributed by atoms with Crippen LogP contribution in [0.2, 0.25) is 0 Å². The van der Waals surface area contributed by atoms with E-state index >= 15 is 0 Å². The van der Waals surface area contributed by atoms with Crippen molar-refractivity contribution in [2.24, 2.45) is 27.6 Å². The van der Waals surface area contributed by atoms with Crippen LogP contribution in [0.25, 0.3) is 54.8 Å². The van der Waals surface area contributed by atoms with Gasteiger partial charge in [-0.05, 0) is 198 Å². The molecule has 20 rings (SSSR count). The predicted molar refractivity (Wildman–Crippen MR) is 483 cm³/mol. The number of alkyl halides is 1. The van der Waals surface area contributed by atoms with E-state index < -0.39 is 23.6 Å². The van der Waals surface area contributed by atoms with E-state index in [0.717, 1.165) is 74.5 Å². The van der Waals surface area contributed by atoms with Crippen molar-refractivity contribution in [3.8, 4) is 59.2 Å². The first-order valence-corrected chi connectivity index (χ1v) is 42.2. The molecular weight excluding hydrogens is 1620 g/mol. The van der Waals surface area contributed by atoms with Crippen LogP contribution in [0.3, 0.4) is 0 Å². The molecule has 128 heavy (non-hydrogen) atoms. The quantitative estimate of drug-likeness (QED) is 0.101. The second kappa shape index (κ2) is 36.2. The van der Waals surface area contributed by atoms with E-state index in [2.05, 4.69) is 167 Å². The lowest BCUT2D eigenvalue weighted by atomic mass is 9.83. The molecule has 5 aliphatic rings. The van der Waals surface area contributed by atoms with Crippen molar-refractivity contribution in [3.63, 3.8) is 0 Å². The largest absolute Gasteiger partial charge is 0.296 e. The topological polar surface area (TPSA) is 265 Å². The Balaban J connectivity index is 0.000000118. The highest BCUT2D eigenvalue weighted by atomic mass is 19.1. The highest BCUT2D eigenvalue weighted by Gasteiger charge is 2.36. The van der Waals surface area contributed by atoms with E-state index in [4.69, 9.17) is 0 Å². The Kier molecular flexibility index (Phi) is 24.5. The SMILES string of the molecule is CC1(C)CC(F)c2nc3cc(C#Cc4ccccn4)cnc3c(=O)n2C1.CC1(C)CCc2nc3cc(C#Cc4ccccn4)c(F)cc3c(=O)n2C1.CC1(C)CCn2c(nc3c(F)c(C#Cc4ccccn4)ccc3c2=O)C1.CC1(C)CCn2c(nc3cc(C#Cc4ccccn4)c(F)cc3c2=O)C1.CC1CCn2c(nc3cc(C#Cc4ccccn4)cnc3c2=O)C1. The molecule has 12 aromatic heterocycles. The van der Waals surface area contributed by atoms with Crippen LogP contribution < -0.4 is 27.8 Å². The molecule has 2 atom stereocenters. The molecule has 15 aromatic rings. The summed E-state index contributed by atoms with van der Waals surface area (Å²) in [6.45, 7) is 21.9. The lowest BCUT2D eigenvalue weighted by molar-refractivity contribution is 0.137. The molecule has 5 aliphatic heterocycles. The van der Waals surface area contributed by atoms with Crippen molar-refractivity contribution in [3.05, 3.63) is 338 Å². The van der Waals surface area contributed by atoms with Crippen LogP contribution in [0.5, 0.6) is 0 Å². The Bertz CT molecular complexity index is 7510. The summed E-state index contributed by atoms with van der Waals surface area (Å²) >= 11 is 0. The fraction of sp³-hybridized carbons (Fsp3) is 0.284. The second-order valence-corrected chi connectivity index (χ2v) is 35.5. The summed E-state index contributed by atoms with van der Waals surface area (Å²) in [4.78, 5) is 116. The summed E-state index contributed by atoms with van der Waals surface area (Å²) < 4.78 is 66.7. The van der Waals surface area contributed by atoms with Gasteiger partial charge >= 0.3 is 0 Å². The van der Waals surface area contributed by atoms with Gasteiger partial charge in [0.1, 0.15) is 74.7 Å². The number of aryl methyl sites for hydroxylation is 1. The van der Waals surface area contributed by atoms with Crippen molar-refractivity contribution in [1.82, 2.24) is 82.6 Å². The summed E-state index contributed by atoms with van der Waals surface area (Å²) in [6, 6.07) is 39.5. The number of nitrogens with zero attached hydrogens (tertiary/aromatic N) is 17. The third kappa shape index (κ3) is 19.7. The average Bonchev–Trinajstić information content (AvgIpc) is 0.772. The molecular formula is C102H87F4N17O5. The molecule has 2 unspecified atom stereocenters. The van der Waals surface area contributed by atoms with Gasteiger partial charge in [0.2, 0.25) is 0 Å². The molecule has 0 radical (unpaired) electrons. The maximum absolute atomic E-state index is 15.0. The van der Waals surface area contributed by atoms with E-state index in [1.165, 1.54) is 29.0 Å². The van der Waals surface area contributed by atoms with Crippen LogP contribution in [0.1, 0.15) is 186 Å². The molecule has 26 heteroatoms. The zero-order valence-electron chi connectivity index (χ0n) is 72.0. The summed E-state index contributed by atoms with van der Waals surface area (Å²) in [5.41, 5.74) is 6.76. The molecule has 0 N–H and O–H groups in total. The van der Waals surface area contributed by atoms with Gasteiger partial charge < -0.3 is 0 Å². The summed E-state index contributed by atoms with van der Waals surface area (Å²) in [5.74, 6) is 31.0. The maximum Gasteiger partial charge on any atom is 0.280 e. The average molecular weight is 1710 g/mol. The van der Waals surface area contributed by atoms with Crippen LogP contribution in [-0.2, 0) is 58.4 Å². The van der Waals surface area contributed by atoms with Crippen molar-refractivity contribution in [2.75, 3.05) is 0 Å². The van der Waals surface area contributed by atoms with Gasteiger partial charge in [-0.25, -0.2) is 77.4 Å². The normalized spacial score (nSPS) is 16.0. The minimum Gasteiger partial charge on any atom is -0.296 e. The number of rotatable bonds is 0. The molecule has 638 valence electrons. The zero-order chi connectivity index (χ0) is 89.8. The first-order valence-electron chi connectivity index (χ1n) is 42.2. The number of benzene rings is 3. The molecule has 0 bridgehead atoms.